The van der Waals surface area contributed by atoms with E-state index in [2.05, 4.69) is 9.97 Å². The number of nitrogens with two attached hydrogens (primary N) is 1. The van der Waals surface area contributed by atoms with Gasteiger partial charge in [-0.25, -0.2) is 13.8 Å². The van der Waals surface area contributed by atoms with Gasteiger partial charge in [-0.15, -0.1) is 12.4 Å². The number of hydrogen-bond donors (Lipinski definition) is 1. The molecule has 0 saturated carbocycles. The van der Waals surface area contributed by atoms with Gasteiger partial charge < -0.3 is 15.2 Å². The maximum atomic E-state index is 13.8. The van der Waals surface area contributed by atoms with Crippen LogP contribution in [0.15, 0.2) is 42.6 Å². The molecule has 0 radical (unpaired) electrons. The molecule has 2 aromatic heterocycles. The second-order valence-corrected chi connectivity index (χ2v) is 6.70. The van der Waals surface area contributed by atoms with Crippen molar-refractivity contribution in [3.05, 3.63) is 53.9 Å². The number of imidazole rings is 1. The molecular formula is C19H19ClF2N6. The van der Waals surface area contributed by atoms with E-state index >= 15 is 0 Å². The Morgan fingerprint density at radius 2 is 2.04 bits per heavy atom. The van der Waals surface area contributed by atoms with Gasteiger partial charge in [0.15, 0.2) is 0 Å². The van der Waals surface area contributed by atoms with Gasteiger partial charge in [-0.05, 0) is 24.3 Å². The molecule has 1 atom stereocenters. The van der Waals surface area contributed by atoms with E-state index in [0.29, 0.717) is 18.1 Å². The minimum Gasteiger partial charge on any atom is -0.340 e. The number of halogens is 3. The van der Waals surface area contributed by atoms with E-state index in [1.54, 1.807) is 12.1 Å². The van der Waals surface area contributed by atoms with Gasteiger partial charge >= 0.3 is 0 Å². The summed E-state index contributed by atoms with van der Waals surface area (Å²) in [6.07, 6.45) is 1.22. The average Bonchev–Trinajstić information content (AvgIpc) is 3.03. The van der Waals surface area contributed by atoms with Crippen LogP contribution in [0, 0.1) is 11.3 Å². The van der Waals surface area contributed by atoms with Crippen LogP contribution in [0.25, 0.3) is 11.0 Å². The van der Waals surface area contributed by atoms with Crippen molar-refractivity contribution in [2.45, 2.75) is 24.9 Å². The normalized spacial score (nSPS) is 18.5. The van der Waals surface area contributed by atoms with E-state index in [0.717, 1.165) is 16.7 Å². The zero-order valence-electron chi connectivity index (χ0n) is 14.9. The molecule has 28 heavy (non-hydrogen) atoms. The van der Waals surface area contributed by atoms with Crippen LogP contribution in [0.2, 0.25) is 0 Å². The van der Waals surface area contributed by atoms with Crippen molar-refractivity contribution < 1.29 is 8.78 Å². The second kappa shape index (κ2) is 7.70. The van der Waals surface area contributed by atoms with Crippen LogP contribution in [0.4, 0.5) is 14.7 Å². The lowest BCUT2D eigenvalue weighted by atomic mass is 10.0. The summed E-state index contributed by atoms with van der Waals surface area (Å²) in [6, 6.07) is 11.9. The van der Waals surface area contributed by atoms with Gasteiger partial charge in [0.1, 0.15) is 6.07 Å². The molecule has 0 amide bonds. The van der Waals surface area contributed by atoms with E-state index in [4.69, 9.17) is 11.0 Å². The van der Waals surface area contributed by atoms with Gasteiger partial charge in [0, 0.05) is 25.7 Å². The van der Waals surface area contributed by atoms with Crippen LogP contribution in [0.5, 0.6) is 0 Å². The van der Waals surface area contributed by atoms with E-state index in [-0.39, 0.29) is 31.9 Å². The lowest BCUT2D eigenvalue weighted by Crippen LogP contribution is -2.55. The number of piperidine rings is 1. The number of pyridine rings is 1. The lowest BCUT2D eigenvalue weighted by molar-refractivity contribution is -0.0395. The first kappa shape index (κ1) is 20.0. The number of anilines is 1. The number of para-hydroxylation sites is 2. The van der Waals surface area contributed by atoms with Crippen LogP contribution in [0.3, 0.4) is 0 Å². The number of benzene rings is 1. The number of nitriles is 1. The van der Waals surface area contributed by atoms with Crippen molar-refractivity contribution in [2.75, 3.05) is 18.0 Å². The van der Waals surface area contributed by atoms with Crippen LogP contribution in [-0.4, -0.2) is 39.6 Å². The van der Waals surface area contributed by atoms with Gasteiger partial charge in [0.05, 0.1) is 34.9 Å². The lowest BCUT2D eigenvalue weighted by Gasteiger charge is -2.37. The molecule has 4 rings (SSSR count). The zero-order valence-corrected chi connectivity index (χ0v) is 15.7. The van der Waals surface area contributed by atoms with Gasteiger partial charge in [-0.3, -0.25) is 4.98 Å². The Balaban J connectivity index is 0.00000225. The number of nitrogens with zero attached hydrogens (tertiary/aromatic N) is 5. The molecule has 1 fully saturated rings. The van der Waals surface area contributed by atoms with E-state index in [1.165, 1.54) is 6.20 Å². The largest absolute Gasteiger partial charge is 0.340 e. The van der Waals surface area contributed by atoms with Crippen molar-refractivity contribution in [3.8, 4) is 6.07 Å². The molecule has 1 aliphatic rings. The fraction of sp³-hybridized carbons (Fsp3) is 0.316. The van der Waals surface area contributed by atoms with Crippen LogP contribution < -0.4 is 10.6 Å². The molecule has 0 spiro atoms. The summed E-state index contributed by atoms with van der Waals surface area (Å²) >= 11 is 0. The van der Waals surface area contributed by atoms with Crippen LogP contribution >= 0.6 is 12.4 Å². The summed E-state index contributed by atoms with van der Waals surface area (Å²) in [6.45, 7) is 0.644. The van der Waals surface area contributed by atoms with Crippen molar-refractivity contribution >= 4 is 29.4 Å². The monoisotopic (exact) mass is 404 g/mol. The van der Waals surface area contributed by atoms with Crippen LogP contribution in [-0.2, 0) is 6.54 Å². The molecule has 146 valence electrons. The minimum absolute atomic E-state index is 0. The van der Waals surface area contributed by atoms with E-state index < -0.39 is 12.0 Å². The highest BCUT2D eigenvalue weighted by molar-refractivity contribution is 5.85. The molecule has 6 nitrogen and oxygen atoms in total. The molecule has 3 heterocycles. The smallest absolute Gasteiger partial charge is 0.266 e. The topological polar surface area (TPSA) is 83.8 Å². The fourth-order valence-corrected chi connectivity index (χ4v) is 3.32. The first-order valence-corrected chi connectivity index (χ1v) is 8.66. The molecule has 9 heteroatoms. The first-order chi connectivity index (χ1) is 13.0. The molecule has 1 unspecified atom stereocenters. The highest BCUT2D eigenvalue weighted by atomic mass is 35.5. The molecule has 0 aliphatic carbocycles. The summed E-state index contributed by atoms with van der Waals surface area (Å²) in [5.74, 6) is -2.25. The predicted octanol–water partition coefficient (Wildman–Crippen LogP) is 2.95. The first-order valence-electron chi connectivity index (χ1n) is 8.66. The summed E-state index contributed by atoms with van der Waals surface area (Å²) in [5, 5.41) is 8.92. The van der Waals surface area contributed by atoms with Crippen molar-refractivity contribution in [2.24, 2.45) is 5.73 Å². The standard InChI is InChI=1S/C19H18F2N6.ClH/c20-19(21)7-8-26(12-17(19)23)18-25-15-3-1-2-4-16(15)27(18)11-14-6-5-13(9-22)10-24-14;/h1-6,10,17H,7-8,11-12,23H2;1H. The highest BCUT2D eigenvalue weighted by Crippen LogP contribution is 2.31. The fourth-order valence-electron chi connectivity index (χ4n) is 3.32. The molecule has 2 N–H and O–H groups in total. The molecule has 0 bridgehead atoms. The maximum absolute atomic E-state index is 13.8. The minimum atomic E-state index is -2.86. The third-order valence-corrected chi connectivity index (χ3v) is 4.87. The number of hydrogen-bond acceptors (Lipinski definition) is 5. The Hall–Kier alpha value is -2.76. The van der Waals surface area contributed by atoms with Crippen LogP contribution in [0.1, 0.15) is 17.7 Å². The summed E-state index contributed by atoms with van der Waals surface area (Å²) in [5.41, 5.74) is 8.61. The highest BCUT2D eigenvalue weighted by Gasteiger charge is 2.42. The third kappa shape index (κ3) is 3.63. The Morgan fingerprint density at radius 3 is 2.71 bits per heavy atom. The maximum Gasteiger partial charge on any atom is 0.266 e. The average molecular weight is 405 g/mol. The zero-order chi connectivity index (χ0) is 19.0. The Labute approximate surface area is 167 Å². The predicted molar refractivity (Wildman–Crippen MR) is 105 cm³/mol. The summed E-state index contributed by atoms with van der Waals surface area (Å²) < 4.78 is 29.5. The van der Waals surface area contributed by atoms with E-state index in [1.807, 2.05) is 39.8 Å². The number of fused-ring (bicyclic) bond motifs is 1. The van der Waals surface area contributed by atoms with Crippen molar-refractivity contribution in [3.63, 3.8) is 0 Å². The Kier molecular flexibility index (Phi) is 5.49. The molecular weight excluding hydrogens is 386 g/mol. The van der Waals surface area contributed by atoms with Gasteiger partial charge in [0.25, 0.3) is 5.92 Å². The van der Waals surface area contributed by atoms with Crippen molar-refractivity contribution in [1.29, 1.82) is 5.26 Å². The summed E-state index contributed by atoms with van der Waals surface area (Å²) in [4.78, 5) is 10.8. The molecule has 1 saturated heterocycles. The van der Waals surface area contributed by atoms with Crippen molar-refractivity contribution in [1.82, 2.24) is 14.5 Å². The number of rotatable bonds is 3. The number of alkyl halides is 2. The third-order valence-electron chi connectivity index (χ3n) is 4.87. The van der Waals surface area contributed by atoms with Gasteiger partial charge in [0.2, 0.25) is 5.95 Å². The Bertz CT molecular complexity index is 1010. The molecule has 3 aromatic rings. The van der Waals surface area contributed by atoms with Gasteiger partial charge in [-0.2, -0.15) is 5.26 Å². The Morgan fingerprint density at radius 1 is 1.25 bits per heavy atom. The quantitative estimate of drug-likeness (QED) is 0.725. The molecule has 1 aliphatic heterocycles. The second-order valence-electron chi connectivity index (χ2n) is 6.70. The molecule has 1 aromatic carbocycles. The number of aromatic nitrogens is 3. The van der Waals surface area contributed by atoms with Gasteiger partial charge in [-0.1, -0.05) is 12.1 Å². The SMILES string of the molecule is Cl.N#Cc1ccc(Cn2c(N3CCC(F)(F)C(N)C3)nc3ccccc32)nc1. The summed E-state index contributed by atoms with van der Waals surface area (Å²) in [7, 11) is 0. The van der Waals surface area contributed by atoms with E-state index in [9.17, 15) is 8.78 Å².